The Bertz CT molecular complexity index is 1160. The molecule has 1 aliphatic rings. The van der Waals surface area contributed by atoms with Crippen LogP contribution in [-0.4, -0.2) is 34.4 Å². The zero-order valence-corrected chi connectivity index (χ0v) is 19.2. The normalized spacial score (nSPS) is 15.8. The van der Waals surface area contributed by atoms with Crippen LogP contribution >= 0.6 is 23.8 Å². The lowest BCUT2D eigenvalue weighted by molar-refractivity contribution is -0.124. The van der Waals surface area contributed by atoms with Gasteiger partial charge in [0.15, 0.2) is 5.11 Å². The van der Waals surface area contributed by atoms with Crippen LogP contribution in [-0.2, 0) is 16.0 Å². The first-order chi connectivity index (χ1) is 15.9. The summed E-state index contributed by atoms with van der Waals surface area (Å²) in [7, 11) is 0. The minimum atomic E-state index is -0.745. The maximum Gasteiger partial charge on any atom is 0.256 e. The molecule has 1 aliphatic heterocycles. The van der Waals surface area contributed by atoms with Gasteiger partial charge in [-0.15, -0.1) is 0 Å². The van der Waals surface area contributed by atoms with Crippen molar-refractivity contribution in [3.8, 4) is 0 Å². The zero-order valence-electron chi connectivity index (χ0n) is 17.6. The molecule has 33 heavy (non-hydrogen) atoms. The summed E-state index contributed by atoms with van der Waals surface area (Å²) in [6, 6.07) is 21.4. The SMILES string of the molecule is O=C(C[C@@H]1C(=O)N(c2ccccc2)C(=S)N1CCc1ccc(Cl)cc1)Nc1ccc(F)cc1. The molecule has 168 valence electrons. The molecule has 0 bridgehead atoms. The summed E-state index contributed by atoms with van der Waals surface area (Å²) in [5, 5.41) is 3.74. The van der Waals surface area contributed by atoms with Crippen LogP contribution in [0.5, 0.6) is 0 Å². The molecular formula is C25H21ClFN3O2S. The Hall–Kier alpha value is -3.29. The van der Waals surface area contributed by atoms with Gasteiger partial charge in [-0.25, -0.2) is 4.39 Å². The molecule has 0 unspecified atom stereocenters. The molecule has 0 radical (unpaired) electrons. The molecule has 0 saturated carbocycles. The fraction of sp³-hybridized carbons (Fsp3) is 0.160. The van der Waals surface area contributed by atoms with Crippen LogP contribution in [0.15, 0.2) is 78.9 Å². The van der Waals surface area contributed by atoms with Gasteiger partial charge in [0.05, 0.1) is 12.1 Å². The van der Waals surface area contributed by atoms with Crippen molar-refractivity contribution in [2.45, 2.75) is 18.9 Å². The largest absolute Gasteiger partial charge is 0.336 e. The van der Waals surface area contributed by atoms with E-state index in [4.69, 9.17) is 23.8 Å². The third-order valence-electron chi connectivity index (χ3n) is 5.39. The lowest BCUT2D eigenvalue weighted by Gasteiger charge is -2.24. The maximum atomic E-state index is 13.4. The summed E-state index contributed by atoms with van der Waals surface area (Å²) >= 11 is 11.6. The average Bonchev–Trinajstić information content (AvgIpc) is 3.04. The minimum Gasteiger partial charge on any atom is -0.336 e. The van der Waals surface area contributed by atoms with E-state index in [-0.39, 0.29) is 18.2 Å². The summed E-state index contributed by atoms with van der Waals surface area (Å²) in [6.45, 7) is 0.462. The van der Waals surface area contributed by atoms with Gasteiger partial charge >= 0.3 is 0 Å². The van der Waals surface area contributed by atoms with Crippen molar-refractivity contribution in [2.24, 2.45) is 0 Å². The molecule has 1 saturated heterocycles. The highest BCUT2D eigenvalue weighted by Crippen LogP contribution is 2.27. The second kappa shape index (κ2) is 10.1. The highest BCUT2D eigenvalue weighted by atomic mass is 35.5. The summed E-state index contributed by atoms with van der Waals surface area (Å²) in [4.78, 5) is 29.4. The van der Waals surface area contributed by atoms with Crippen LogP contribution in [0, 0.1) is 5.82 Å². The first-order valence-corrected chi connectivity index (χ1v) is 11.2. The number of halogens is 2. The molecule has 5 nitrogen and oxygen atoms in total. The molecular weight excluding hydrogens is 461 g/mol. The molecule has 2 amide bonds. The number of thiocarbonyl (C=S) groups is 1. The number of nitrogens with zero attached hydrogens (tertiary/aromatic N) is 2. The van der Waals surface area contributed by atoms with E-state index in [9.17, 15) is 14.0 Å². The lowest BCUT2D eigenvalue weighted by atomic mass is 10.1. The van der Waals surface area contributed by atoms with Gasteiger partial charge in [0.25, 0.3) is 5.91 Å². The van der Waals surface area contributed by atoms with Gasteiger partial charge in [-0.05, 0) is 72.7 Å². The first-order valence-electron chi connectivity index (χ1n) is 10.4. The fourth-order valence-corrected chi connectivity index (χ4v) is 4.26. The number of anilines is 2. The Kier molecular flexibility index (Phi) is 7.01. The van der Waals surface area contributed by atoms with Gasteiger partial charge in [0.1, 0.15) is 11.9 Å². The van der Waals surface area contributed by atoms with Gasteiger partial charge in [-0.1, -0.05) is 41.9 Å². The van der Waals surface area contributed by atoms with E-state index in [1.165, 1.54) is 29.2 Å². The number of para-hydroxylation sites is 1. The molecule has 0 spiro atoms. The fourth-order valence-electron chi connectivity index (χ4n) is 3.72. The van der Waals surface area contributed by atoms with Gasteiger partial charge in [0, 0.05) is 17.3 Å². The van der Waals surface area contributed by atoms with Crippen molar-refractivity contribution in [1.82, 2.24) is 4.90 Å². The number of carbonyl (C=O) groups excluding carboxylic acids is 2. The second-order valence-corrected chi connectivity index (χ2v) is 8.44. The Balaban J connectivity index is 1.54. The summed E-state index contributed by atoms with van der Waals surface area (Å²) in [6.07, 6.45) is 0.545. The number of nitrogens with one attached hydrogen (secondary N) is 1. The number of hydrogen-bond acceptors (Lipinski definition) is 3. The second-order valence-electron chi connectivity index (χ2n) is 7.64. The lowest BCUT2D eigenvalue weighted by Crippen LogP contribution is -2.39. The topological polar surface area (TPSA) is 52.7 Å². The predicted molar refractivity (Wildman–Crippen MR) is 132 cm³/mol. The Labute approximate surface area is 201 Å². The van der Waals surface area contributed by atoms with E-state index < -0.39 is 11.9 Å². The van der Waals surface area contributed by atoms with E-state index >= 15 is 0 Å². The molecule has 1 N–H and O–H groups in total. The minimum absolute atomic E-state index is 0.0830. The van der Waals surface area contributed by atoms with Gasteiger partial charge in [-0.3, -0.25) is 14.5 Å². The highest BCUT2D eigenvalue weighted by Gasteiger charge is 2.43. The third kappa shape index (κ3) is 5.38. The van der Waals surface area contributed by atoms with Crippen LogP contribution in [0.25, 0.3) is 0 Å². The van der Waals surface area contributed by atoms with Gasteiger partial charge in [-0.2, -0.15) is 0 Å². The van der Waals surface area contributed by atoms with Crippen LogP contribution in [0.1, 0.15) is 12.0 Å². The molecule has 3 aromatic rings. The van der Waals surface area contributed by atoms with Crippen molar-refractivity contribution in [3.63, 3.8) is 0 Å². The third-order valence-corrected chi connectivity index (χ3v) is 6.06. The molecule has 0 aromatic heterocycles. The first kappa shape index (κ1) is 22.9. The molecule has 1 heterocycles. The van der Waals surface area contributed by atoms with Crippen LogP contribution < -0.4 is 10.2 Å². The molecule has 3 aromatic carbocycles. The number of benzene rings is 3. The average molecular weight is 482 g/mol. The van der Waals surface area contributed by atoms with Crippen molar-refractivity contribution in [1.29, 1.82) is 0 Å². The number of rotatable bonds is 7. The van der Waals surface area contributed by atoms with E-state index in [0.717, 1.165) is 5.56 Å². The number of hydrogen-bond donors (Lipinski definition) is 1. The van der Waals surface area contributed by atoms with Crippen molar-refractivity contribution in [3.05, 3.63) is 95.3 Å². The quantitative estimate of drug-likeness (QED) is 0.480. The summed E-state index contributed by atoms with van der Waals surface area (Å²) < 4.78 is 13.2. The van der Waals surface area contributed by atoms with Crippen molar-refractivity contribution >= 4 is 52.1 Å². The van der Waals surface area contributed by atoms with E-state index in [1.54, 1.807) is 4.90 Å². The highest BCUT2D eigenvalue weighted by molar-refractivity contribution is 7.80. The molecule has 8 heteroatoms. The monoisotopic (exact) mass is 481 g/mol. The molecule has 0 aliphatic carbocycles. The molecule has 1 atom stereocenters. The van der Waals surface area contributed by atoms with E-state index in [0.29, 0.717) is 34.5 Å². The van der Waals surface area contributed by atoms with Crippen LogP contribution in [0.3, 0.4) is 0 Å². The smallest absolute Gasteiger partial charge is 0.256 e. The molecule has 1 fully saturated rings. The summed E-state index contributed by atoms with van der Waals surface area (Å²) in [5.41, 5.74) is 2.16. The number of carbonyl (C=O) groups is 2. The zero-order chi connectivity index (χ0) is 23.4. The van der Waals surface area contributed by atoms with E-state index in [2.05, 4.69) is 5.32 Å². The summed E-state index contributed by atoms with van der Waals surface area (Å²) in [5.74, 6) is -0.998. The molecule has 4 rings (SSSR count). The van der Waals surface area contributed by atoms with Crippen molar-refractivity contribution < 1.29 is 14.0 Å². The van der Waals surface area contributed by atoms with Crippen LogP contribution in [0.2, 0.25) is 5.02 Å². The van der Waals surface area contributed by atoms with Crippen LogP contribution in [0.4, 0.5) is 15.8 Å². The maximum absolute atomic E-state index is 13.4. The Morgan fingerprint density at radius 2 is 1.67 bits per heavy atom. The van der Waals surface area contributed by atoms with Gasteiger partial charge < -0.3 is 10.2 Å². The van der Waals surface area contributed by atoms with Crippen molar-refractivity contribution in [2.75, 3.05) is 16.8 Å². The predicted octanol–water partition coefficient (Wildman–Crippen LogP) is 5.05. The standard InChI is InChI=1S/C25H21ClFN3O2S/c26-18-8-6-17(7-9-18)14-15-29-22(16-23(31)28-20-12-10-19(27)11-13-20)24(32)30(25(29)33)21-4-2-1-3-5-21/h1-13,22H,14-16H2,(H,28,31)/t22-/m1/s1. The van der Waals surface area contributed by atoms with Gasteiger partial charge in [0.2, 0.25) is 5.91 Å². The Morgan fingerprint density at radius 3 is 2.33 bits per heavy atom. The van der Waals surface area contributed by atoms with E-state index in [1.807, 2.05) is 54.6 Å². The Morgan fingerprint density at radius 1 is 1.00 bits per heavy atom. The number of amides is 2.